The lowest BCUT2D eigenvalue weighted by atomic mass is 10.2. The molecule has 1 fully saturated rings. The van der Waals surface area contributed by atoms with Gasteiger partial charge in [0.1, 0.15) is 0 Å². The number of nitrogens with zero attached hydrogens (tertiary/aromatic N) is 3. The number of nitrogens with one attached hydrogen (secondary N) is 1. The number of likely N-dealkylation sites (N-methyl/N-ethyl adjacent to an activating group) is 1. The van der Waals surface area contributed by atoms with Crippen LogP contribution in [-0.2, 0) is 4.79 Å². The Morgan fingerprint density at radius 3 is 2.29 bits per heavy atom. The number of nitro benzene ring substituents is 1. The van der Waals surface area contributed by atoms with E-state index in [9.17, 15) is 14.9 Å². The van der Waals surface area contributed by atoms with Gasteiger partial charge in [-0.1, -0.05) is 6.92 Å². The molecule has 0 saturated carbocycles. The van der Waals surface area contributed by atoms with E-state index in [4.69, 9.17) is 0 Å². The van der Waals surface area contributed by atoms with Gasteiger partial charge in [0.2, 0.25) is 5.91 Å². The van der Waals surface area contributed by atoms with E-state index >= 15 is 0 Å². The summed E-state index contributed by atoms with van der Waals surface area (Å²) in [6.07, 6.45) is 3.04. The number of carbonyl (C=O) groups excluding carboxylic acids is 1. The Bertz CT molecular complexity index is 839. The Labute approximate surface area is 164 Å². The number of anilines is 2. The van der Waals surface area contributed by atoms with Crippen LogP contribution in [0.2, 0.25) is 0 Å². The van der Waals surface area contributed by atoms with Crippen LogP contribution in [0.3, 0.4) is 0 Å². The molecule has 0 radical (unpaired) electrons. The molecule has 1 aliphatic heterocycles. The third kappa shape index (κ3) is 5.17. The van der Waals surface area contributed by atoms with Crippen molar-refractivity contribution in [1.29, 1.82) is 0 Å². The van der Waals surface area contributed by atoms with Crippen molar-refractivity contribution >= 4 is 29.0 Å². The first-order chi connectivity index (χ1) is 13.5. The van der Waals surface area contributed by atoms with Gasteiger partial charge in [0, 0.05) is 55.8 Å². The van der Waals surface area contributed by atoms with Crippen molar-refractivity contribution in [1.82, 2.24) is 4.90 Å². The molecule has 7 heteroatoms. The topological polar surface area (TPSA) is 78.7 Å². The van der Waals surface area contributed by atoms with Crippen LogP contribution in [-0.4, -0.2) is 48.5 Å². The van der Waals surface area contributed by atoms with Crippen LogP contribution in [0.25, 0.3) is 6.08 Å². The molecule has 1 amide bonds. The summed E-state index contributed by atoms with van der Waals surface area (Å²) in [6.45, 7) is 7.44. The Morgan fingerprint density at radius 2 is 1.71 bits per heavy atom. The predicted octanol–water partition coefficient (Wildman–Crippen LogP) is 3.39. The molecule has 2 aromatic carbocycles. The summed E-state index contributed by atoms with van der Waals surface area (Å²) in [5.41, 5.74) is 2.64. The minimum Gasteiger partial charge on any atom is -0.369 e. The van der Waals surface area contributed by atoms with E-state index in [2.05, 4.69) is 22.0 Å². The zero-order chi connectivity index (χ0) is 19.9. The number of rotatable bonds is 6. The number of benzene rings is 2. The standard InChI is InChI=1S/C21H24N4O3/c1-2-23-13-15-24(16-14-23)19-10-6-18(7-11-19)22-21(26)12-5-17-3-8-20(9-4-17)25(27)28/h3-12H,2,13-16H2,1H3,(H,22,26)/b12-5+. The van der Waals surface area contributed by atoms with E-state index in [1.807, 2.05) is 24.3 Å². The van der Waals surface area contributed by atoms with Crippen LogP contribution < -0.4 is 10.2 Å². The van der Waals surface area contributed by atoms with Crippen molar-refractivity contribution < 1.29 is 9.72 Å². The molecule has 3 rings (SSSR count). The molecule has 0 spiro atoms. The molecular formula is C21H24N4O3. The van der Waals surface area contributed by atoms with Crippen molar-refractivity contribution in [3.05, 3.63) is 70.3 Å². The fourth-order valence-corrected chi connectivity index (χ4v) is 3.14. The number of amides is 1. The van der Waals surface area contributed by atoms with Crippen LogP contribution in [0.1, 0.15) is 12.5 Å². The minimum atomic E-state index is -0.451. The summed E-state index contributed by atoms with van der Waals surface area (Å²) in [5, 5.41) is 13.5. The molecule has 2 aromatic rings. The third-order valence-electron chi connectivity index (χ3n) is 4.85. The Kier molecular flexibility index (Phi) is 6.39. The summed E-state index contributed by atoms with van der Waals surface area (Å²) in [6, 6.07) is 13.9. The van der Waals surface area contributed by atoms with E-state index < -0.39 is 4.92 Å². The van der Waals surface area contributed by atoms with E-state index in [0.717, 1.165) is 49.7 Å². The number of hydrogen-bond donors (Lipinski definition) is 1. The van der Waals surface area contributed by atoms with Gasteiger partial charge in [-0.15, -0.1) is 0 Å². The van der Waals surface area contributed by atoms with Gasteiger partial charge in [-0.25, -0.2) is 0 Å². The molecule has 0 atom stereocenters. The molecule has 1 saturated heterocycles. The molecule has 0 bridgehead atoms. The van der Waals surface area contributed by atoms with Crippen molar-refractivity contribution in [2.45, 2.75) is 6.92 Å². The summed E-state index contributed by atoms with van der Waals surface area (Å²) >= 11 is 0. The van der Waals surface area contributed by atoms with Crippen molar-refractivity contribution in [2.24, 2.45) is 0 Å². The maximum atomic E-state index is 12.1. The average molecular weight is 380 g/mol. The molecular weight excluding hydrogens is 356 g/mol. The normalized spacial score (nSPS) is 15.0. The number of carbonyl (C=O) groups is 1. The third-order valence-corrected chi connectivity index (χ3v) is 4.85. The van der Waals surface area contributed by atoms with Gasteiger partial charge < -0.3 is 15.1 Å². The lowest BCUT2D eigenvalue weighted by Gasteiger charge is -2.35. The van der Waals surface area contributed by atoms with Gasteiger partial charge in [0.05, 0.1) is 4.92 Å². The van der Waals surface area contributed by atoms with Crippen LogP contribution in [0, 0.1) is 10.1 Å². The van der Waals surface area contributed by atoms with Gasteiger partial charge >= 0.3 is 0 Å². The summed E-state index contributed by atoms with van der Waals surface area (Å²) < 4.78 is 0. The predicted molar refractivity (Wildman–Crippen MR) is 112 cm³/mol. The van der Waals surface area contributed by atoms with E-state index in [1.54, 1.807) is 18.2 Å². The maximum absolute atomic E-state index is 12.1. The Balaban J connectivity index is 1.53. The lowest BCUT2D eigenvalue weighted by molar-refractivity contribution is -0.384. The highest BCUT2D eigenvalue weighted by molar-refractivity contribution is 6.02. The first kappa shape index (κ1) is 19.6. The molecule has 28 heavy (non-hydrogen) atoms. The smallest absolute Gasteiger partial charge is 0.269 e. The molecule has 1 N–H and O–H groups in total. The second-order valence-electron chi connectivity index (χ2n) is 6.64. The second-order valence-corrected chi connectivity index (χ2v) is 6.64. The zero-order valence-corrected chi connectivity index (χ0v) is 15.9. The van der Waals surface area contributed by atoms with Crippen LogP contribution in [0.5, 0.6) is 0 Å². The lowest BCUT2D eigenvalue weighted by Crippen LogP contribution is -2.46. The Hall–Kier alpha value is -3.19. The maximum Gasteiger partial charge on any atom is 0.269 e. The first-order valence-electron chi connectivity index (χ1n) is 9.36. The Morgan fingerprint density at radius 1 is 1.07 bits per heavy atom. The van der Waals surface area contributed by atoms with Gasteiger partial charge in [-0.3, -0.25) is 14.9 Å². The summed E-state index contributed by atoms with van der Waals surface area (Å²) in [4.78, 5) is 27.1. The van der Waals surface area contributed by atoms with Gasteiger partial charge in [-0.05, 0) is 54.6 Å². The van der Waals surface area contributed by atoms with E-state index in [1.165, 1.54) is 18.2 Å². The highest BCUT2D eigenvalue weighted by Crippen LogP contribution is 2.20. The molecule has 7 nitrogen and oxygen atoms in total. The fraction of sp³-hybridized carbons (Fsp3) is 0.286. The zero-order valence-electron chi connectivity index (χ0n) is 15.9. The SMILES string of the molecule is CCN1CCN(c2ccc(NC(=O)/C=C/c3ccc([N+](=O)[O-])cc3)cc2)CC1. The van der Waals surface area contributed by atoms with Crippen molar-refractivity contribution in [3.63, 3.8) is 0 Å². The molecule has 0 aromatic heterocycles. The summed E-state index contributed by atoms with van der Waals surface area (Å²) in [5.74, 6) is -0.248. The quantitative estimate of drug-likeness (QED) is 0.472. The largest absolute Gasteiger partial charge is 0.369 e. The highest BCUT2D eigenvalue weighted by Gasteiger charge is 2.15. The van der Waals surface area contributed by atoms with Gasteiger partial charge in [0.15, 0.2) is 0 Å². The monoisotopic (exact) mass is 380 g/mol. The van der Waals surface area contributed by atoms with Crippen molar-refractivity contribution in [2.75, 3.05) is 42.9 Å². The summed E-state index contributed by atoms with van der Waals surface area (Å²) in [7, 11) is 0. The van der Waals surface area contributed by atoms with Crippen LogP contribution >= 0.6 is 0 Å². The first-order valence-corrected chi connectivity index (χ1v) is 9.36. The van der Waals surface area contributed by atoms with Crippen LogP contribution in [0.4, 0.5) is 17.1 Å². The van der Waals surface area contributed by atoms with Gasteiger partial charge in [-0.2, -0.15) is 0 Å². The minimum absolute atomic E-state index is 0.0257. The molecule has 0 aliphatic carbocycles. The number of piperazine rings is 1. The van der Waals surface area contributed by atoms with Crippen molar-refractivity contribution in [3.8, 4) is 0 Å². The number of non-ortho nitro benzene ring substituents is 1. The average Bonchev–Trinajstić information content (AvgIpc) is 2.73. The fourth-order valence-electron chi connectivity index (χ4n) is 3.14. The van der Waals surface area contributed by atoms with E-state index in [-0.39, 0.29) is 11.6 Å². The highest BCUT2D eigenvalue weighted by atomic mass is 16.6. The second kappa shape index (κ2) is 9.14. The number of nitro groups is 1. The molecule has 1 aliphatic rings. The molecule has 0 unspecified atom stereocenters. The van der Waals surface area contributed by atoms with Gasteiger partial charge in [0.25, 0.3) is 5.69 Å². The molecule has 146 valence electrons. The van der Waals surface area contributed by atoms with E-state index in [0.29, 0.717) is 0 Å². The molecule has 1 heterocycles. The number of hydrogen-bond acceptors (Lipinski definition) is 5. The van der Waals surface area contributed by atoms with Crippen LogP contribution in [0.15, 0.2) is 54.6 Å².